The quantitative estimate of drug-likeness (QED) is 0.361. The molecule has 1 aliphatic rings. The van der Waals surface area contributed by atoms with Gasteiger partial charge in [0.05, 0.1) is 16.9 Å². The average molecular weight is 358 g/mol. The van der Waals surface area contributed by atoms with Crippen LogP contribution >= 0.6 is 0 Å². The van der Waals surface area contributed by atoms with Gasteiger partial charge in [0, 0.05) is 16.5 Å². The van der Waals surface area contributed by atoms with E-state index >= 15 is 0 Å². The maximum Gasteiger partial charge on any atom is 0.213 e. The SMILES string of the molecule is N=C(NC=O)Nc1c(C2CCCC2)c(-c2ccccc2)nc2ccccc12. The van der Waals surface area contributed by atoms with Gasteiger partial charge in [-0.3, -0.25) is 15.5 Å². The van der Waals surface area contributed by atoms with Crippen molar-refractivity contribution >= 4 is 29.0 Å². The third-order valence-corrected chi connectivity index (χ3v) is 5.19. The van der Waals surface area contributed by atoms with Gasteiger partial charge < -0.3 is 5.32 Å². The Bertz CT molecular complexity index is 978. The molecule has 0 aliphatic heterocycles. The Kier molecular flexibility index (Phi) is 4.83. The number of rotatable bonds is 4. The number of carbonyl (C=O) groups is 1. The number of nitrogens with one attached hydrogen (secondary N) is 3. The van der Waals surface area contributed by atoms with Crippen LogP contribution in [0.5, 0.6) is 0 Å². The van der Waals surface area contributed by atoms with Gasteiger partial charge in [-0.2, -0.15) is 0 Å². The van der Waals surface area contributed by atoms with Crippen molar-refractivity contribution in [2.75, 3.05) is 5.32 Å². The van der Waals surface area contributed by atoms with Crippen LogP contribution in [-0.4, -0.2) is 17.4 Å². The Morgan fingerprint density at radius 3 is 2.48 bits per heavy atom. The summed E-state index contributed by atoms with van der Waals surface area (Å²) in [6.45, 7) is 0. The van der Waals surface area contributed by atoms with Crippen molar-refractivity contribution in [2.45, 2.75) is 31.6 Å². The Hall–Kier alpha value is -3.21. The highest BCUT2D eigenvalue weighted by molar-refractivity contribution is 6.06. The minimum atomic E-state index is -0.0281. The monoisotopic (exact) mass is 358 g/mol. The fraction of sp³-hybridized carbons (Fsp3) is 0.227. The molecule has 0 saturated heterocycles. The lowest BCUT2D eigenvalue weighted by atomic mass is 9.89. The molecular formula is C22H22N4O. The molecule has 1 aliphatic carbocycles. The molecule has 4 rings (SSSR count). The molecule has 2 aromatic carbocycles. The number of nitrogens with zero attached hydrogens (tertiary/aromatic N) is 1. The van der Waals surface area contributed by atoms with E-state index in [0.29, 0.717) is 12.3 Å². The number of para-hydroxylation sites is 1. The van der Waals surface area contributed by atoms with Gasteiger partial charge >= 0.3 is 0 Å². The number of aromatic nitrogens is 1. The molecule has 136 valence electrons. The number of anilines is 1. The minimum Gasteiger partial charge on any atom is -0.325 e. The van der Waals surface area contributed by atoms with Crippen LogP contribution in [-0.2, 0) is 4.79 Å². The third-order valence-electron chi connectivity index (χ3n) is 5.19. The molecule has 1 aromatic heterocycles. The minimum absolute atomic E-state index is 0.0281. The zero-order valence-electron chi connectivity index (χ0n) is 15.0. The van der Waals surface area contributed by atoms with E-state index < -0.39 is 0 Å². The Morgan fingerprint density at radius 1 is 1.04 bits per heavy atom. The summed E-state index contributed by atoms with van der Waals surface area (Å²) in [7, 11) is 0. The van der Waals surface area contributed by atoms with Gasteiger partial charge in [0.1, 0.15) is 0 Å². The van der Waals surface area contributed by atoms with E-state index in [1.165, 1.54) is 12.8 Å². The summed E-state index contributed by atoms with van der Waals surface area (Å²) in [5.74, 6) is 0.364. The predicted molar refractivity (Wildman–Crippen MR) is 109 cm³/mol. The van der Waals surface area contributed by atoms with Crippen molar-refractivity contribution in [1.29, 1.82) is 5.41 Å². The van der Waals surface area contributed by atoms with Crippen LogP contribution in [0.1, 0.15) is 37.2 Å². The first-order valence-electron chi connectivity index (χ1n) is 9.31. The smallest absolute Gasteiger partial charge is 0.213 e. The number of hydrogen-bond acceptors (Lipinski definition) is 3. The number of guanidine groups is 1. The van der Waals surface area contributed by atoms with Crippen LogP contribution in [0.4, 0.5) is 5.69 Å². The zero-order valence-corrected chi connectivity index (χ0v) is 15.0. The van der Waals surface area contributed by atoms with Crippen molar-refractivity contribution in [2.24, 2.45) is 0 Å². The van der Waals surface area contributed by atoms with Gasteiger partial charge in [-0.15, -0.1) is 0 Å². The molecule has 1 fully saturated rings. The Labute approximate surface area is 158 Å². The lowest BCUT2D eigenvalue weighted by Gasteiger charge is -2.22. The van der Waals surface area contributed by atoms with E-state index in [4.69, 9.17) is 10.4 Å². The molecule has 5 heteroatoms. The summed E-state index contributed by atoms with van der Waals surface area (Å²) in [6.07, 6.45) is 5.16. The van der Waals surface area contributed by atoms with Crippen LogP contribution < -0.4 is 10.6 Å². The fourth-order valence-electron chi connectivity index (χ4n) is 4.01. The highest BCUT2D eigenvalue weighted by Crippen LogP contribution is 2.44. The molecule has 0 unspecified atom stereocenters. The van der Waals surface area contributed by atoms with Crippen molar-refractivity contribution in [3.8, 4) is 11.3 Å². The molecule has 27 heavy (non-hydrogen) atoms. The number of pyridine rings is 1. The van der Waals surface area contributed by atoms with Gasteiger partial charge in [0.2, 0.25) is 6.41 Å². The maximum absolute atomic E-state index is 10.8. The standard InChI is InChI=1S/C22H22N4O/c23-22(24-14-27)26-21-17-12-6-7-13-18(17)25-20(16-10-2-1-3-11-16)19(21)15-8-4-5-9-15/h1-3,6-7,10-15H,4-5,8-9H2,(H3,23,24,25,26,27). The predicted octanol–water partition coefficient (Wildman–Crippen LogP) is 4.65. The molecule has 0 radical (unpaired) electrons. The molecular weight excluding hydrogens is 336 g/mol. The third kappa shape index (κ3) is 3.40. The lowest BCUT2D eigenvalue weighted by molar-refractivity contribution is -0.108. The normalized spacial score (nSPS) is 14.2. The number of amides is 1. The van der Waals surface area contributed by atoms with E-state index in [2.05, 4.69) is 22.8 Å². The average Bonchev–Trinajstić information content (AvgIpc) is 3.23. The van der Waals surface area contributed by atoms with Gasteiger partial charge in [0.25, 0.3) is 0 Å². The molecule has 5 nitrogen and oxygen atoms in total. The summed E-state index contributed by atoms with van der Waals surface area (Å²) in [6, 6.07) is 18.2. The second kappa shape index (κ2) is 7.58. The summed E-state index contributed by atoms with van der Waals surface area (Å²) < 4.78 is 0. The van der Waals surface area contributed by atoms with Crippen molar-refractivity contribution in [3.05, 3.63) is 60.2 Å². The van der Waals surface area contributed by atoms with Crippen molar-refractivity contribution in [1.82, 2.24) is 10.3 Å². The van der Waals surface area contributed by atoms with Crippen LogP contribution in [0, 0.1) is 5.41 Å². The van der Waals surface area contributed by atoms with E-state index in [9.17, 15) is 4.79 Å². The van der Waals surface area contributed by atoms with Crippen LogP contribution in [0.2, 0.25) is 0 Å². The molecule has 1 amide bonds. The summed E-state index contributed by atoms with van der Waals surface area (Å²) >= 11 is 0. The van der Waals surface area contributed by atoms with Gasteiger partial charge in [-0.1, -0.05) is 61.4 Å². The first kappa shape index (κ1) is 17.2. The van der Waals surface area contributed by atoms with Crippen molar-refractivity contribution < 1.29 is 4.79 Å². The number of hydrogen-bond donors (Lipinski definition) is 3. The van der Waals surface area contributed by atoms with Crippen LogP contribution in [0.25, 0.3) is 22.2 Å². The van der Waals surface area contributed by atoms with Gasteiger partial charge in [0.15, 0.2) is 5.96 Å². The van der Waals surface area contributed by atoms with Gasteiger partial charge in [-0.05, 0) is 24.8 Å². The lowest BCUT2D eigenvalue weighted by Crippen LogP contribution is -2.29. The molecule has 1 saturated carbocycles. The Morgan fingerprint density at radius 2 is 1.74 bits per heavy atom. The van der Waals surface area contributed by atoms with E-state index in [-0.39, 0.29) is 5.96 Å². The number of carbonyl (C=O) groups excluding carboxylic acids is 1. The number of fused-ring (bicyclic) bond motifs is 1. The summed E-state index contributed by atoms with van der Waals surface area (Å²) in [5.41, 5.74) is 4.94. The second-order valence-electron chi connectivity index (χ2n) is 6.88. The first-order valence-corrected chi connectivity index (χ1v) is 9.31. The molecule has 0 atom stereocenters. The maximum atomic E-state index is 10.8. The zero-order chi connectivity index (χ0) is 18.6. The topological polar surface area (TPSA) is 77.9 Å². The summed E-state index contributed by atoms with van der Waals surface area (Å²) in [4.78, 5) is 15.8. The summed E-state index contributed by atoms with van der Waals surface area (Å²) in [5, 5.41) is 14.6. The van der Waals surface area contributed by atoms with Crippen LogP contribution in [0.15, 0.2) is 54.6 Å². The molecule has 3 aromatic rings. The molecule has 3 N–H and O–H groups in total. The van der Waals surface area contributed by atoms with Crippen LogP contribution in [0.3, 0.4) is 0 Å². The molecule has 1 heterocycles. The van der Waals surface area contributed by atoms with E-state index in [1.54, 1.807) is 0 Å². The van der Waals surface area contributed by atoms with Gasteiger partial charge in [-0.25, -0.2) is 4.98 Å². The van der Waals surface area contributed by atoms with E-state index in [0.717, 1.165) is 46.3 Å². The fourth-order valence-corrected chi connectivity index (χ4v) is 4.01. The highest BCUT2D eigenvalue weighted by atomic mass is 16.1. The second-order valence-corrected chi connectivity index (χ2v) is 6.88. The molecule has 0 spiro atoms. The van der Waals surface area contributed by atoms with Crippen molar-refractivity contribution in [3.63, 3.8) is 0 Å². The Balaban J connectivity index is 1.99. The largest absolute Gasteiger partial charge is 0.325 e. The highest BCUT2D eigenvalue weighted by Gasteiger charge is 2.26. The first-order chi connectivity index (χ1) is 13.3. The molecule has 0 bridgehead atoms. The number of benzene rings is 2. The van der Waals surface area contributed by atoms with E-state index in [1.807, 2.05) is 42.5 Å².